The Balaban J connectivity index is 1.61. The van der Waals surface area contributed by atoms with Crippen molar-refractivity contribution >= 4 is 5.91 Å². The Bertz CT molecular complexity index is 472. The van der Waals surface area contributed by atoms with Gasteiger partial charge in [0, 0.05) is 25.0 Å². The maximum atomic E-state index is 12.6. The summed E-state index contributed by atoms with van der Waals surface area (Å²) >= 11 is 0. The Kier molecular flexibility index (Phi) is 4.06. The van der Waals surface area contributed by atoms with E-state index in [1.807, 2.05) is 0 Å². The van der Waals surface area contributed by atoms with E-state index in [0.717, 1.165) is 25.9 Å². The standard InChI is InChI=1S/C17H24N2O/c1-13-3-2-4-14(11-13)5-8-17(20)19-15-6-7-16(19)12-18-10-9-15/h2-4,11,15-16,18H,5-10,12H2,1H3. The summed E-state index contributed by atoms with van der Waals surface area (Å²) in [6.45, 7) is 4.14. The van der Waals surface area contributed by atoms with Crippen molar-refractivity contribution in [2.45, 2.75) is 51.1 Å². The van der Waals surface area contributed by atoms with Crippen LogP contribution < -0.4 is 5.32 Å². The van der Waals surface area contributed by atoms with E-state index in [4.69, 9.17) is 0 Å². The van der Waals surface area contributed by atoms with Crippen molar-refractivity contribution in [2.24, 2.45) is 0 Å². The summed E-state index contributed by atoms with van der Waals surface area (Å²) in [7, 11) is 0. The van der Waals surface area contributed by atoms with Crippen molar-refractivity contribution in [3.05, 3.63) is 35.4 Å². The average molecular weight is 272 g/mol. The molecule has 3 rings (SSSR count). The molecule has 2 bridgehead atoms. The zero-order chi connectivity index (χ0) is 13.9. The quantitative estimate of drug-likeness (QED) is 0.915. The fourth-order valence-corrected chi connectivity index (χ4v) is 3.64. The van der Waals surface area contributed by atoms with Crippen LogP contribution in [-0.2, 0) is 11.2 Å². The van der Waals surface area contributed by atoms with Crippen LogP contribution in [0.5, 0.6) is 0 Å². The van der Waals surface area contributed by atoms with Gasteiger partial charge < -0.3 is 10.2 Å². The molecule has 0 radical (unpaired) electrons. The number of hydrogen-bond donors (Lipinski definition) is 1. The first kappa shape index (κ1) is 13.6. The van der Waals surface area contributed by atoms with Crippen molar-refractivity contribution in [2.75, 3.05) is 13.1 Å². The molecule has 2 atom stereocenters. The lowest BCUT2D eigenvalue weighted by molar-refractivity contribution is -0.133. The van der Waals surface area contributed by atoms with E-state index in [1.54, 1.807) is 0 Å². The molecule has 2 heterocycles. The SMILES string of the molecule is Cc1cccc(CCC(=O)N2C3CCNCC2CC3)c1. The summed E-state index contributed by atoms with van der Waals surface area (Å²) in [5.74, 6) is 0.350. The van der Waals surface area contributed by atoms with Crippen LogP contribution >= 0.6 is 0 Å². The maximum absolute atomic E-state index is 12.6. The van der Waals surface area contributed by atoms with Crippen LogP contribution in [0.4, 0.5) is 0 Å². The van der Waals surface area contributed by atoms with Crippen molar-refractivity contribution in [3.63, 3.8) is 0 Å². The van der Waals surface area contributed by atoms with Gasteiger partial charge in [0.05, 0.1) is 0 Å². The van der Waals surface area contributed by atoms with Gasteiger partial charge in [-0.2, -0.15) is 0 Å². The van der Waals surface area contributed by atoms with E-state index in [2.05, 4.69) is 41.4 Å². The van der Waals surface area contributed by atoms with E-state index in [9.17, 15) is 4.79 Å². The van der Waals surface area contributed by atoms with Gasteiger partial charge in [-0.3, -0.25) is 4.79 Å². The predicted octanol–water partition coefficient (Wildman–Crippen LogP) is 2.28. The number of benzene rings is 1. The van der Waals surface area contributed by atoms with Crippen LogP contribution in [0, 0.1) is 6.92 Å². The summed E-state index contributed by atoms with van der Waals surface area (Å²) in [6, 6.07) is 9.42. The molecule has 1 aromatic carbocycles. The first-order chi connectivity index (χ1) is 9.74. The summed E-state index contributed by atoms with van der Waals surface area (Å²) in [5, 5.41) is 3.45. The summed E-state index contributed by atoms with van der Waals surface area (Å²) in [4.78, 5) is 14.8. The summed E-state index contributed by atoms with van der Waals surface area (Å²) in [6.07, 6.45) is 5.00. The van der Waals surface area contributed by atoms with Crippen LogP contribution in [0.3, 0.4) is 0 Å². The number of carbonyl (C=O) groups is 1. The number of amides is 1. The molecular formula is C17H24N2O. The van der Waals surface area contributed by atoms with Crippen LogP contribution in [0.1, 0.15) is 36.8 Å². The normalized spacial score (nSPS) is 25.6. The first-order valence-corrected chi connectivity index (χ1v) is 7.81. The average Bonchev–Trinajstić information content (AvgIpc) is 2.69. The van der Waals surface area contributed by atoms with E-state index in [1.165, 1.54) is 24.0 Å². The van der Waals surface area contributed by atoms with Crippen LogP contribution in [0.2, 0.25) is 0 Å². The molecule has 108 valence electrons. The Morgan fingerprint density at radius 1 is 1.30 bits per heavy atom. The number of aryl methyl sites for hydroxylation is 2. The molecule has 20 heavy (non-hydrogen) atoms. The lowest BCUT2D eigenvalue weighted by Crippen LogP contribution is -2.42. The molecule has 3 nitrogen and oxygen atoms in total. The Morgan fingerprint density at radius 3 is 3.00 bits per heavy atom. The van der Waals surface area contributed by atoms with E-state index < -0.39 is 0 Å². The zero-order valence-electron chi connectivity index (χ0n) is 12.3. The van der Waals surface area contributed by atoms with Gasteiger partial charge in [-0.15, -0.1) is 0 Å². The van der Waals surface area contributed by atoms with Gasteiger partial charge in [-0.25, -0.2) is 0 Å². The molecule has 2 aliphatic rings. The lowest BCUT2D eigenvalue weighted by atomic mass is 10.1. The maximum Gasteiger partial charge on any atom is 0.223 e. The molecule has 2 unspecified atom stereocenters. The van der Waals surface area contributed by atoms with Crippen molar-refractivity contribution in [1.82, 2.24) is 10.2 Å². The molecule has 1 N–H and O–H groups in total. The highest BCUT2D eigenvalue weighted by atomic mass is 16.2. The molecule has 0 aliphatic carbocycles. The summed E-state index contributed by atoms with van der Waals surface area (Å²) < 4.78 is 0. The molecule has 1 amide bonds. The van der Waals surface area contributed by atoms with Crippen LogP contribution in [0.15, 0.2) is 24.3 Å². The molecule has 2 saturated heterocycles. The number of nitrogens with zero attached hydrogens (tertiary/aromatic N) is 1. The Morgan fingerprint density at radius 2 is 2.15 bits per heavy atom. The minimum absolute atomic E-state index is 0.350. The number of carbonyl (C=O) groups excluding carboxylic acids is 1. The van der Waals surface area contributed by atoms with Crippen LogP contribution in [0.25, 0.3) is 0 Å². The van der Waals surface area contributed by atoms with Crippen molar-refractivity contribution in [3.8, 4) is 0 Å². The monoisotopic (exact) mass is 272 g/mol. The highest BCUT2D eigenvalue weighted by Gasteiger charge is 2.37. The van der Waals surface area contributed by atoms with Gasteiger partial charge in [-0.1, -0.05) is 29.8 Å². The smallest absolute Gasteiger partial charge is 0.223 e. The van der Waals surface area contributed by atoms with Gasteiger partial charge in [0.2, 0.25) is 5.91 Å². The van der Waals surface area contributed by atoms with Gasteiger partial charge in [0.15, 0.2) is 0 Å². The fourth-order valence-electron chi connectivity index (χ4n) is 3.64. The first-order valence-electron chi connectivity index (χ1n) is 7.81. The topological polar surface area (TPSA) is 32.3 Å². The fraction of sp³-hybridized carbons (Fsp3) is 0.588. The highest BCUT2D eigenvalue weighted by Crippen LogP contribution is 2.28. The molecule has 2 aliphatic heterocycles. The number of fused-ring (bicyclic) bond motifs is 2. The third-order valence-electron chi connectivity index (χ3n) is 4.65. The van der Waals surface area contributed by atoms with Gasteiger partial charge in [0.25, 0.3) is 0 Å². The highest BCUT2D eigenvalue weighted by molar-refractivity contribution is 5.77. The van der Waals surface area contributed by atoms with Crippen LogP contribution in [-0.4, -0.2) is 36.0 Å². The summed E-state index contributed by atoms with van der Waals surface area (Å²) in [5.41, 5.74) is 2.55. The Labute approximate surface area is 121 Å². The molecular weight excluding hydrogens is 248 g/mol. The molecule has 3 heteroatoms. The second kappa shape index (κ2) is 5.96. The van der Waals surface area contributed by atoms with E-state index >= 15 is 0 Å². The predicted molar refractivity (Wildman–Crippen MR) is 80.6 cm³/mol. The van der Waals surface area contributed by atoms with Crippen molar-refractivity contribution < 1.29 is 4.79 Å². The Hall–Kier alpha value is -1.35. The molecule has 2 fully saturated rings. The van der Waals surface area contributed by atoms with E-state index in [0.29, 0.717) is 24.4 Å². The molecule has 1 aromatic rings. The third-order valence-corrected chi connectivity index (χ3v) is 4.65. The molecule has 0 aromatic heterocycles. The lowest BCUT2D eigenvalue weighted by Gasteiger charge is -2.28. The second-order valence-electron chi connectivity index (χ2n) is 6.17. The van der Waals surface area contributed by atoms with Gasteiger partial charge >= 0.3 is 0 Å². The minimum atomic E-state index is 0.350. The number of nitrogens with one attached hydrogen (secondary N) is 1. The third kappa shape index (κ3) is 2.88. The number of hydrogen-bond acceptors (Lipinski definition) is 2. The van der Waals surface area contributed by atoms with Crippen molar-refractivity contribution in [1.29, 1.82) is 0 Å². The number of rotatable bonds is 3. The van der Waals surface area contributed by atoms with Gasteiger partial charge in [-0.05, 0) is 44.7 Å². The van der Waals surface area contributed by atoms with E-state index in [-0.39, 0.29) is 0 Å². The largest absolute Gasteiger partial charge is 0.335 e. The molecule has 0 spiro atoms. The second-order valence-corrected chi connectivity index (χ2v) is 6.17. The minimum Gasteiger partial charge on any atom is -0.335 e. The van der Waals surface area contributed by atoms with Gasteiger partial charge in [0.1, 0.15) is 0 Å². The molecule has 0 saturated carbocycles. The zero-order valence-corrected chi connectivity index (χ0v) is 12.3.